The summed E-state index contributed by atoms with van der Waals surface area (Å²) in [6.45, 7) is 9.03. The monoisotopic (exact) mass is 327 g/mol. The van der Waals surface area contributed by atoms with Crippen LogP contribution in [0, 0.1) is 5.92 Å². The Kier molecular flexibility index (Phi) is 5.66. The molecule has 22 heavy (non-hydrogen) atoms. The lowest BCUT2D eigenvalue weighted by molar-refractivity contribution is 0.132. The predicted octanol–water partition coefficient (Wildman–Crippen LogP) is 2.71. The number of likely N-dealkylation sites (tertiary alicyclic amines) is 1. The summed E-state index contributed by atoms with van der Waals surface area (Å²) in [5, 5.41) is 0.209. The summed E-state index contributed by atoms with van der Waals surface area (Å²) in [7, 11) is -3.28. The minimum Gasteiger partial charge on any atom is -0.317 e. The van der Waals surface area contributed by atoms with E-state index in [4.69, 9.17) is 0 Å². The molecule has 1 fully saturated rings. The predicted molar refractivity (Wildman–Crippen MR) is 88.5 cm³/mol. The number of hydrogen-bond donors (Lipinski definition) is 0. The number of piperidine rings is 1. The van der Waals surface area contributed by atoms with Gasteiger partial charge >= 0.3 is 0 Å². The molecule has 0 aliphatic carbocycles. The molecule has 0 spiro atoms. The van der Waals surface area contributed by atoms with Crippen LogP contribution in [0.3, 0.4) is 0 Å². The highest BCUT2D eigenvalue weighted by atomic mass is 32.2. The molecule has 0 radical (unpaired) electrons. The molecule has 0 bridgehead atoms. The summed E-state index contributed by atoms with van der Waals surface area (Å²) in [6.07, 6.45) is 7.92. The van der Waals surface area contributed by atoms with Crippen LogP contribution in [-0.2, 0) is 22.9 Å². The highest BCUT2D eigenvalue weighted by Crippen LogP contribution is 2.23. The first kappa shape index (κ1) is 17.5. The van der Waals surface area contributed by atoms with Crippen LogP contribution < -0.4 is 0 Å². The Morgan fingerprint density at radius 3 is 2.68 bits per heavy atom. The number of rotatable bonds is 6. The van der Waals surface area contributed by atoms with Crippen LogP contribution in [0.2, 0.25) is 0 Å². The molecule has 0 aromatic carbocycles. The lowest BCUT2D eigenvalue weighted by Crippen LogP contribution is -2.39. The minimum absolute atomic E-state index is 0.209. The maximum absolute atomic E-state index is 12.0. The fourth-order valence-electron chi connectivity index (χ4n) is 3.31. The lowest BCUT2D eigenvalue weighted by atomic mass is 10.00. The van der Waals surface area contributed by atoms with E-state index in [1.54, 1.807) is 6.20 Å². The Labute approximate surface area is 134 Å². The van der Waals surface area contributed by atoms with Gasteiger partial charge in [-0.05, 0) is 31.7 Å². The Morgan fingerprint density at radius 2 is 2.09 bits per heavy atom. The number of nitrogens with zero attached hydrogens (tertiary/aromatic N) is 3. The zero-order chi connectivity index (χ0) is 16.3. The van der Waals surface area contributed by atoms with Crippen molar-refractivity contribution >= 4 is 9.84 Å². The third kappa shape index (κ3) is 4.10. The van der Waals surface area contributed by atoms with Gasteiger partial charge < -0.3 is 4.57 Å². The fraction of sp³-hybridized carbons (Fsp3) is 0.812. The van der Waals surface area contributed by atoms with Crippen LogP contribution in [-0.4, -0.2) is 41.7 Å². The van der Waals surface area contributed by atoms with Gasteiger partial charge in [0.2, 0.25) is 15.0 Å². The zero-order valence-corrected chi connectivity index (χ0v) is 15.1. The zero-order valence-electron chi connectivity index (χ0n) is 14.2. The Hall–Kier alpha value is -0.880. The summed E-state index contributed by atoms with van der Waals surface area (Å²) in [6, 6.07) is 0.609. The molecule has 0 unspecified atom stereocenters. The van der Waals surface area contributed by atoms with Crippen molar-refractivity contribution < 1.29 is 8.42 Å². The van der Waals surface area contributed by atoms with Gasteiger partial charge in [0, 0.05) is 25.4 Å². The van der Waals surface area contributed by atoms with Crippen LogP contribution in [0.25, 0.3) is 0 Å². The van der Waals surface area contributed by atoms with Gasteiger partial charge in [0.25, 0.3) is 0 Å². The molecule has 126 valence electrons. The maximum Gasteiger partial charge on any atom is 0.227 e. The van der Waals surface area contributed by atoms with E-state index < -0.39 is 9.84 Å². The van der Waals surface area contributed by atoms with E-state index in [0.717, 1.165) is 25.2 Å². The largest absolute Gasteiger partial charge is 0.317 e. The van der Waals surface area contributed by atoms with Crippen molar-refractivity contribution in [1.82, 2.24) is 14.5 Å². The molecular weight excluding hydrogens is 298 g/mol. The van der Waals surface area contributed by atoms with Gasteiger partial charge in [-0.2, -0.15) is 0 Å². The molecule has 2 rings (SSSR count). The molecule has 6 heteroatoms. The Bertz CT molecular complexity index is 593. The van der Waals surface area contributed by atoms with E-state index in [-0.39, 0.29) is 5.16 Å². The van der Waals surface area contributed by atoms with E-state index in [2.05, 4.69) is 30.7 Å². The van der Waals surface area contributed by atoms with E-state index >= 15 is 0 Å². The summed E-state index contributed by atoms with van der Waals surface area (Å²) < 4.78 is 25.8. The molecule has 0 N–H and O–H groups in total. The van der Waals surface area contributed by atoms with Gasteiger partial charge in [-0.3, -0.25) is 4.90 Å². The molecule has 1 aliphatic heterocycles. The van der Waals surface area contributed by atoms with Crippen molar-refractivity contribution in [2.75, 3.05) is 12.8 Å². The third-order valence-electron chi connectivity index (χ3n) is 4.37. The van der Waals surface area contributed by atoms with Crippen molar-refractivity contribution in [2.45, 2.75) is 70.7 Å². The molecule has 1 aliphatic rings. The SMILES string of the molecule is CC[C@H]1CCCCN1Cc1cnc(S(C)(=O)=O)n1CC(C)C. The third-order valence-corrected chi connectivity index (χ3v) is 5.36. The molecule has 1 aromatic heterocycles. The quantitative estimate of drug-likeness (QED) is 0.806. The van der Waals surface area contributed by atoms with Crippen molar-refractivity contribution in [3.63, 3.8) is 0 Å². The van der Waals surface area contributed by atoms with Crippen LogP contribution in [0.15, 0.2) is 11.4 Å². The van der Waals surface area contributed by atoms with Gasteiger partial charge in [0.15, 0.2) is 0 Å². The standard InChI is InChI=1S/C16H29N3O2S/c1-5-14-8-6-7-9-18(14)12-15-10-17-16(22(4,20)21)19(15)11-13(2)3/h10,13-14H,5-9,11-12H2,1-4H3/t14-/m0/s1. The Morgan fingerprint density at radius 1 is 1.36 bits per heavy atom. The molecule has 1 saturated heterocycles. The molecule has 5 nitrogen and oxygen atoms in total. The Balaban J connectivity index is 2.28. The minimum atomic E-state index is -3.28. The summed E-state index contributed by atoms with van der Waals surface area (Å²) >= 11 is 0. The number of hydrogen-bond acceptors (Lipinski definition) is 4. The highest BCUT2D eigenvalue weighted by Gasteiger charge is 2.25. The second-order valence-electron chi connectivity index (χ2n) is 6.84. The van der Waals surface area contributed by atoms with Crippen LogP contribution in [0.1, 0.15) is 52.1 Å². The van der Waals surface area contributed by atoms with E-state index in [0.29, 0.717) is 18.5 Å². The fourth-order valence-corrected chi connectivity index (χ4v) is 4.15. The average molecular weight is 327 g/mol. The van der Waals surface area contributed by atoms with E-state index in [1.165, 1.54) is 25.5 Å². The molecule has 2 heterocycles. The van der Waals surface area contributed by atoms with Crippen LogP contribution in [0.4, 0.5) is 0 Å². The highest BCUT2D eigenvalue weighted by molar-refractivity contribution is 7.90. The first-order valence-corrected chi connectivity index (χ1v) is 10.2. The van der Waals surface area contributed by atoms with E-state index in [1.807, 2.05) is 4.57 Å². The van der Waals surface area contributed by atoms with E-state index in [9.17, 15) is 8.42 Å². The smallest absolute Gasteiger partial charge is 0.227 e. The van der Waals surface area contributed by atoms with Crippen molar-refractivity contribution in [1.29, 1.82) is 0 Å². The molecule has 1 aromatic rings. The van der Waals surface area contributed by atoms with Gasteiger partial charge in [-0.15, -0.1) is 0 Å². The molecule has 1 atom stereocenters. The molecular formula is C16H29N3O2S. The summed E-state index contributed by atoms with van der Waals surface area (Å²) in [4.78, 5) is 6.69. The number of sulfone groups is 1. The first-order chi connectivity index (χ1) is 10.3. The van der Waals surface area contributed by atoms with Gasteiger partial charge in [0.05, 0.1) is 11.9 Å². The van der Waals surface area contributed by atoms with Crippen molar-refractivity contribution in [3.8, 4) is 0 Å². The summed E-state index contributed by atoms with van der Waals surface area (Å²) in [5.41, 5.74) is 1.02. The second-order valence-corrected chi connectivity index (χ2v) is 8.75. The van der Waals surface area contributed by atoms with Crippen molar-refractivity contribution in [3.05, 3.63) is 11.9 Å². The van der Waals surface area contributed by atoms with Gasteiger partial charge in [0.1, 0.15) is 0 Å². The summed E-state index contributed by atoms with van der Waals surface area (Å²) in [5.74, 6) is 0.386. The van der Waals surface area contributed by atoms with Crippen molar-refractivity contribution in [2.24, 2.45) is 5.92 Å². The van der Waals surface area contributed by atoms with Crippen LogP contribution in [0.5, 0.6) is 0 Å². The number of aromatic nitrogens is 2. The number of imidazole rings is 1. The normalized spacial score (nSPS) is 20.7. The van der Waals surface area contributed by atoms with Crippen LogP contribution >= 0.6 is 0 Å². The lowest BCUT2D eigenvalue weighted by Gasteiger charge is -2.35. The maximum atomic E-state index is 12.0. The molecule has 0 amide bonds. The van der Waals surface area contributed by atoms with Gasteiger partial charge in [-0.1, -0.05) is 27.2 Å². The first-order valence-electron chi connectivity index (χ1n) is 8.31. The average Bonchev–Trinajstić information content (AvgIpc) is 2.81. The van der Waals surface area contributed by atoms with Gasteiger partial charge in [-0.25, -0.2) is 13.4 Å². The topological polar surface area (TPSA) is 55.2 Å². The molecule has 0 saturated carbocycles. The second kappa shape index (κ2) is 7.13.